The molecular weight excluding hydrogens is 366 g/mol. The maximum Gasteiger partial charge on any atom is 0.319 e. The van der Waals surface area contributed by atoms with Gasteiger partial charge in [0.25, 0.3) is 5.91 Å². The van der Waals surface area contributed by atoms with Crippen LogP contribution in [0.25, 0.3) is 0 Å². The molecule has 7 heteroatoms. The van der Waals surface area contributed by atoms with Crippen molar-refractivity contribution in [1.29, 1.82) is 0 Å². The van der Waals surface area contributed by atoms with E-state index in [-0.39, 0.29) is 18.0 Å². The van der Waals surface area contributed by atoms with Gasteiger partial charge < -0.3 is 27.4 Å². The molecule has 1 aliphatic carbocycles. The Hall–Kier alpha value is -3.06. The van der Waals surface area contributed by atoms with Gasteiger partial charge in [0.15, 0.2) is 0 Å². The molecule has 2 aromatic carbocycles. The first-order chi connectivity index (χ1) is 14.0. The van der Waals surface area contributed by atoms with E-state index in [1.807, 2.05) is 18.2 Å². The highest BCUT2D eigenvalue weighted by Crippen LogP contribution is 2.23. The second-order valence-electron chi connectivity index (χ2n) is 7.56. The molecule has 0 aromatic heterocycles. The summed E-state index contributed by atoms with van der Waals surface area (Å²) in [6, 6.07) is 14.1. The zero-order valence-corrected chi connectivity index (χ0v) is 16.5. The minimum absolute atomic E-state index is 0.0747. The lowest BCUT2D eigenvalue weighted by atomic mass is 9.86. The molecule has 1 fully saturated rings. The average Bonchev–Trinajstić information content (AvgIpc) is 2.74. The van der Waals surface area contributed by atoms with Crippen LogP contribution in [0.5, 0.6) is 0 Å². The second kappa shape index (κ2) is 9.93. The summed E-state index contributed by atoms with van der Waals surface area (Å²) in [5, 5.41) is 8.66. The molecule has 0 atom stereocenters. The molecule has 7 N–H and O–H groups in total. The monoisotopic (exact) mass is 395 g/mol. The van der Waals surface area contributed by atoms with Crippen molar-refractivity contribution in [2.75, 3.05) is 17.6 Å². The summed E-state index contributed by atoms with van der Waals surface area (Å²) in [7, 11) is 0. The molecule has 0 aliphatic heterocycles. The van der Waals surface area contributed by atoms with E-state index in [1.165, 1.54) is 0 Å². The highest BCUT2D eigenvalue weighted by molar-refractivity contribution is 5.94. The number of hydrogen-bond donors (Lipinski definition) is 5. The van der Waals surface area contributed by atoms with Gasteiger partial charge >= 0.3 is 6.03 Å². The van der Waals surface area contributed by atoms with Gasteiger partial charge in [0.2, 0.25) is 0 Å². The van der Waals surface area contributed by atoms with Crippen LogP contribution in [0.3, 0.4) is 0 Å². The molecule has 2 aromatic rings. The molecule has 7 nitrogen and oxygen atoms in total. The van der Waals surface area contributed by atoms with Gasteiger partial charge in [0.1, 0.15) is 0 Å². The number of carbonyl (C=O) groups excluding carboxylic acids is 2. The normalized spacial score (nSPS) is 18.7. The van der Waals surface area contributed by atoms with Crippen molar-refractivity contribution in [2.45, 2.75) is 38.3 Å². The topological polar surface area (TPSA) is 122 Å². The van der Waals surface area contributed by atoms with Gasteiger partial charge in [-0.1, -0.05) is 12.1 Å². The molecule has 0 bridgehead atoms. The van der Waals surface area contributed by atoms with Crippen LogP contribution in [0.1, 0.15) is 41.6 Å². The molecule has 29 heavy (non-hydrogen) atoms. The van der Waals surface area contributed by atoms with Crippen LogP contribution in [0.4, 0.5) is 16.2 Å². The molecule has 3 amide bonds. The van der Waals surface area contributed by atoms with Gasteiger partial charge in [-0.2, -0.15) is 0 Å². The maximum atomic E-state index is 12.6. The smallest absolute Gasteiger partial charge is 0.319 e. The molecular formula is C22H29N5O2. The Kier molecular flexibility index (Phi) is 7.08. The second-order valence-corrected chi connectivity index (χ2v) is 7.56. The number of nitrogens with one attached hydrogen (secondary N) is 3. The lowest BCUT2D eigenvalue weighted by Crippen LogP contribution is -2.38. The molecule has 0 heterocycles. The first-order valence-electron chi connectivity index (χ1n) is 10.0. The van der Waals surface area contributed by atoms with Crippen LogP contribution in [-0.4, -0.2) is 24.5 Å². The quantitative estimate of drug-likeness (QED) is 0.483. The molecule has 0 radical (unpaired) electrons. The van der Waals surface area contributed by atoms with Crippen LogP contribution in [0.15, 0.2) is 48.5 Å². The summed E-state index contributed by atoms with van der Waals surface area (Å²) in [6.07, 6.45) is 4.07. The van der Waals surface area contributed by atoms with E-state index in [0.717, 1.165) is 37.8 Å². The average molecular weight is 396 g/mol. The first-order valence-corrected chi connectivity index (χ1v) is 10.0. The van der Waals surface area contributed by atoms with Crippen LogP contribution >= 0.6 is 0 Å². The van der Waals surface area contributed by atoms with E-state index in [4.69, 9.17) is 11.5 Å². The minimum atomic E-state index is -0.318. The highest BCUT2D eigenvalue weighted by atomic mass is 16.2. The van der Waals surface area contributed by atoms with Crippen LogP contribution in [0, 0.1) is 5.92 Å². The summed E-state index contributed by atoms with van der Waals surface area (Å²) in [6.45, 7) is 1.05. The zero-order valence-electron chi connectivity index (χ0n) is 16.5. The van der Waals surface area contributed by atoms with Gasteiger partial charge in [-0.05, 0) is 80.1 Å². The summed E-state index contributed by atoms with van der Waals surface area (Å²) in [5.74, 6) is 0.506. The highest BCUT2D eigenvalue weighted by Gasteiger charge is 2.22. The van der Waals surface area contributed by atoms with Gasteiger partial charge in [0.05, 0.1) is 0 Å². The standard InChI is InChI=1S/C22H29N5O2/c23-13-15-4-8-19(9-5-15)26-21(28)17-3-1-2-16(12-17)14-25-22(29)27-20-10-6-18(24)7-11-20/h1-3,6-7,10-12,15,19H,4-5,8-9,13-14,23-24H2,(H,26,28)(H2,25,27,29). The maximum absolute atomic E-state index is 12.6. The van der Waals surface area contributed by atoms with Crippen molar-refractivity contribution >= 4 is 23.3 Å². The van der Waals surface area contributed by atoms with Crippen LogP contribution in [-0.2, 0) is 6.54 Å². The fourth-order valence-corrected chi connectivity index (χ4v) is 3.56. The van der Waals surface area contributed by atoms with Crippen molar-refractivity contribution in [3.8, 4) is 0 Å². The van der Waals surface area contributed by atoms with E-state index in [0.29, 0.717) is 29.4 Å². The summed E-state index contributed by atoms with van der Waals surface area (Å²) in [4.78, 5) is 24.6. The fraction of sp³-hybridized carbons (Fsp3) is 0.364. The molecule has 1 aliphatic rings. The zero-order chi connectivity index (χ0) is 20.6. The number of amides is 3. The number of hydrogen-bond acceptors (Lipinski definition) is 4. The summed E-state index contributed by atoms with van der Waals surface area (Å²) in [5.41, 5.74) is 14.1. The number of carbonyl (C=O) groups is 2. The molecule has 0 spiro atoms. The molecule has 0 saturated heterocycles. The van der Waals surface area contributed by atoms with E-state index >= 15 is 0 Å². The molecule has 154 valence electrons. The third-order valence-corrected chi connectivity index (χ3v) is 5.33. The SMILES string of the molecule is NCC1CCC(NC(=O)c2cccc(CNC(=O)Nc3ccc(N)cc3)c2)CC1. The van der Waals surface area contributed by atoms with Crippen molar-refractivity contribution in [1.82, 2.24) is 10.6 Å². The van der Waals surface area contributed by atoms with E-state index in [1.54, 1.807) is 30.3 Å². The van der Waals surface area contributed by atoms with Crippen LogP contribution < -0.4 is 27.4 Å². The van der Waals surface area contributed by atoms with Gasteiger partial charge in [0, 0.05) is 29.5 Å². The Morgan fingerprint density at radius 2 is 1.72 bits per heavy atom. The Balaban J connectivity index is 1.49. The Morgan fingerprint density at radius 1 is 1.00 bits per heavy atom. The predicted octanol–water partition coefficient (Wildman–Crippen LogP) is 2.84. The summed E-state index contributed by atoms with van der Waals surface area (Å²) >= 11 is 0. The van der Waals surface area contributed by atoms with E-state index in [2.05, 4.69) is 16.0 Å². The third-order valence-electron chi connectivity index (χ3n) is 5.33. The van der Waals surface area contributed by atoms with Crippen molar-refractivity contribution in [3.05, 3.63) is 59.7 Å². The van der Waals surface area contributed by atoms with Crippen LogP contribution in [0.2, 0.25) is 0 Å². The number of rotatable bonds is 6. The van der Waals surface area contributed by atoms with Crippen molar-refractivity contribution < 1.29 is 9.59 Å². The lowest BCUT2D eigenvalue weighted by molar-refractivity contribution is 0.0922. The Morgan fingerprint density at radius 3 is 2.41 bits per heavy atom. The first kappa shape index (κ1) is 20.7. The predicted molar refractivity (Wildman–Crippen MR) is 115 cm³/mol. The number of nitrogen functional groups attached to an aromatic ring is 1. The van der Waals surface area contributed by atoms with Gasteiger partial charge in [-0.3, -0.25) is 4.79 Å². The van der Waals surface area contributed by atoms with E-state index < -0.39 is 0 Å². The van der Waals surface area contributed by atoms with Gasteiger partial charge in [-0.15, -0.1) is 0 Å². The minimum Gasteiger partial charge on any atom is -0.399 e. The third kappa shape index (κ3) is 6.22. The number of anilines is 2. The number of urea groups is 1. The summed E-state index contributed by atoms with van der Waals surface area (Å²) < 4.78 is 0. The lowest BCUT2D eigenvalue weighted by Gasteiger charge is -2.28. The van der Waals surface area contributed by atoms with Crippen molar-refractivity contribution in [3.63, 3.8) is 0 Å². The largest absolute Gasteiger partial charge is 0.399 e. The van der Waals surface area contributed by atoms with E-state index in [9.17, 15) is 9.59 Å². The number of benzene rings is 2. The van der Waals surface area contributed by atoms with Crippen molar-refractivity contribution in [2.24, 2.45) is 11.7 Å². The molecule has 0 unspecified atom stereocenters. The van der Waals surface area contributed by atoms with Gasteiger partial charge in [-0.25, -0.2) is 4.79 Å². The molecule has 1 saturated carbocycles. The number of nitrogens with two attached hydrogens (primary N) is 2. The fourth-order valence-electron chi connectivity index (χ4n) is 3.56. The Bertz CT molecular complexity index is 829. The molecule has 3 rings (SSSR count). The Labute approximate surface area is 171 Å².